The molecule has 0 atom stereocenters. The number of imidazole rings is 1. The van der Waals surface area contributed by atoms with Crippen molar-refractivity contribution in [2.75, 3.05) is 30.8 Å². The summed E-state index contributed by atoms with van der Waals surface area (Å²) in [6, 6.07) is 25.3. The van der Waals surface area contributed by atoms with Gasteiger partial charge in [-0.05, 0) is 82.9 Å². The summed E-state index contributed by atoms with van der Waals surface area (Å²) in [6.45, 7) is 1.29. The van der Waals surface area contributed by atoms with Crippen LogP contribution in [0.25, 0.3) is 22.5 Å². The van der Waals surface area contributed by atoms with Crippen LogP contribution in [0, 0.1) is 10.1 Å². The molecule has 6 rings (SSSR count). The summed E-state index contributed by atoms with van der Waals surface area (Å²) < 4.78 is 5.36. The van der Waals surface area contributed by atoms with Gasteiger partial charge in [0, 0.05) is 48.6 Å². The van der Waals surface area contributed by atoms with Crippen molar-refractivity contribution in [3.63, 3.8) is 0 Å². The van der Waals surface area contributed by atoms with Gasteiger partial charge in [-0.3, -0.25) is 4.79 Å². The Morgan fingerprint density at radius 1 is 0.843 bits per heavy atom. The number of aromatic amines is 1. The minimum Gasteiger partial charge on any atom is -0.508 e. The highest BCUT2D eigenvalue weighted by Gasteiger charge is 2.12. The number of H-pyrrole nitrogens is 1. The van der Waals surface area contributed by atoms with Crippen LogP contribution >= 0.6 is 0 Å². The minimum atomic E-state index is -0.527. The Morgan fingerprint density at radius 3 is 2.04 bits per heavy atom. The lowest BCUT2D eigenvalue weighted by Crippen LogP contribution is -2.10. The lowest BCUT2D eigenvalue weighted by atomic mass is 10.1. The zero-order valence-electron chi connectivity index (χ0n) is 27.7. The number of nitrogens with two attached hydrogens (primary N) is 1. The second-order valence-electron chi connectivity index (χ2n) is 11.0. The number of ether oxygens (including phenoxy) is 1. The Labute approximate surface area is 293 Å². The maximum absolute atomic E-state index is 11.2. The monoisotopic (exact) mass is 688 g/mol. The van der Waals surface area contributed by atoms with Crippen LogP contribution in [0.15, 0.2) is 104 Å². The maximum Gasteiger partial charge on any atom is 0.381 e. The predicted molar refractivity (Wildman–Crippen MR) is 192 cm³/mol. The quantitative estimate of drug-likeness (QED) is 0.0549. The zero-order chi connectivity index (χ0) is 36.0. The Kier molecular flexibility index (Phi) is 12.1. The molecule has 260 valence electrons. The van der Waals surface area contributed by atoms with Crippen molar-refractivity contribution in [1.82, 2.24) is 29.9 Å². The number of anilines is 2. The fourth-order valence-electron chi connectivity index (χ4n) is 4.89. The van der Waals surface area contributed by atoms with Gasteiger partial charge in [0.2, 0.25) is 23.6 Å². The molecule has 0 saturated heterocycles. The minimum absolute atomic E-state index is 0.173. The third kappa shape index (κ3) is 10.3. The molecule has 51 heavy (non-hydrogen) atoms. The van der Waals surface area contributed by atoms with Crippen molar-refractivity contribution in [2.45, 2.75) is 19.3 Å². The van der Waals surface area contributed by atoms with E-state index in [9.17, 15) is 20.0 Å². The van der Waals surface area contributed by atoms with E-state index in [1.165, 1.54) is 6.20 Å². The normalized spacial score (nSPS) is 10.5. The largest absolute Gasteiger partial charge is 0.508 e. The van der Waals surface area contributed by atoms with Crippen LogP contribution in [0.2, 0.25) is 0 Å². The molecule has 0 radical (unpaired) electrons. The van der Waals surface area contributed by atoms with Crippen molar-refractivity contribution in [3.05, 3.63) is 131 Å². The molecule has 3 aromatic carbocycles. The van der Waals surface area contributed by atoms with Crippen LogP contribution in [-0.2, 0) is 12.8 Å². The van der Waals surface area contributed by atoms with Gasteiger partial charge in [-0.25, -0.2) is 19.9 Å². The number of hydrogen-bond acceptors (Lipinski definition) is 12. The number of aromatic nitrogens is 6. The average Bonchev–Trinajstić information content (AvgIpc) is 3.64. The number of nitrogens with one attached hydrogen (secondary N) is 3. The number of nitrogens with zero attached hydrogens (tertiary/aromatic N) is 6. The fourth-order valence-corrected chi connectivity index (χ4v) is 4.89. The van der Waals surface area contributed by atoms with Crippen LogP contribution in [-0.4, -0.2) is 66.0 Å². The Bertz CT molecular complexity index is 2050. The Balaban J connectivity index is 0.000000198. The smallest absolute Gasteiger partial charge is 0.381 e. The Hall–Kier alpha value is -6.90. The molecule has 0 aliphatic heterocycles. The van der Waals surface area contributed by atoms with E-state index in [0.717, 1.165) is 46.7 Å². The van der Waals surface area contributed by atoms with Crippen LogP contribution in [0.1, 0.15) is 28.2 Å². The molecule has 0 fully saturated rings. The zero-order valence-corrected chi connectivity index (χ0v) is 27.7. The molecule has 15 nitrogen and oxygen atoms in total. The molecule has 0 saturated carbocycles. The number of benzene rings is 3. The van der Waals surface area contributed by atoms with Crippen molar-refractivity contribution in [1.29, 1.82) is 0 Å². The number of phenolic OH excluding ortho intramolecular Hbond substituents is 1. The standard InChI is InChI=1S/C20H20N4O2.C16H16N6O3/c1-26-18-5-3-2-4-15(18)10-12-22-20-23-13-11-17(24-20)14-6-8-16(9-7-14)19(21)25;23-12-5-3-11(4-6-12)13-7-9-18-16(20-13)17-8-1-2-14-19-10-15(21-14)22(24)25/h2-9,11,13H,10,12H2,1H3,(H2,21,25)(H,22,23,24);3-7,9-10,23H,1-2,8H2,(H,19,21)(H,17,18,20). The van der Waals surface area contributed by atoms with Gasteiger partial charge in [0.05, 0.1) is 18.5 Å². The number of hydrogen-bond donors (Lipinski definition) is 5. The maximum atomic E-state index is 11.2. The molecule has 6 aromatic rings. The number of carbonyl (C=O) groups excluding carboxylic acids is 1. The van der Waals surface area contributed by atoms with E-state index in [4.69, 9.17) is 10.5 Å². The number of aromatic hydroxyl groups is 1. The molecule has 0 unspecified atom stereocenters. The average molecular weight is 689 g/mol. The van der Waals surface area contributed by atoms with E-state index in [1.807, 2.05) is 42.5 Å². The molecule has 0 bridgehead atoms. The van der Waals surface area contributed by atoms with Crippen molar-refractivity contribution in [3.8, 4) is 34.0 Å². The van der Waals surface area contributed by atoms with Gasteiger partial charge in [0.25, 0.3) is 0 Å². The molecule has 15 heteroatoms. The number of rotatable bonds is 14. The highest BCUT2D eigenvalue weighted by molar-refractivity contribution is 5.93. The number of nitro groups is 1. The second kappa shape index (κ2) is 17.5. The van der Waals surface area contributed by atoms with E-state index in [-0.39, 0.29) is 11.6 Å². The number of amides is 1. The first-order chi connectivity index (χ1) is 24.8. The summed E-state index contributed by atoms with van der Waals surface area (Å²) in [4.78, 5) is 45.3. The third-order valence-corrected chi connectivity index (χ3v) is 7.49. The SMILES string of the molecule is COc1ccccc1CCNc1nccc(-c2ccc(C(N)=O)cc2)n1.O=[N+]([O-])c1c[nH]c(CCCNc2nccc(-c3ccc(O)cc3)n2)n1. The van der Waals surface area contributed by atoms with Crippen molar-refractivity contribution < 1.29 is 19.6 Å². The predicted octanol–water partition coefficient (Wildman–Crippen LogP) is 5.43. The van der Waals surface area contributed by atoms with Gasteiger partial charge < -0.3 is 41.3 Å². The number of carbonyl (C=O) groups is 1. The molecule has 0 aliphatic carbocycles. The van der Waals surface area contributed by atoms with E-state index < -0.39 is 10.8 Å². The summed E-state index contributed by atoms with van der Waals surface area (Å²) in [5.74, 6) is 2.08. The highest BCUT2D eigenvalue weighted by Crippen LogP contribution is 2.22. The van der Waals surface area contributed by atoms with Gasteiger partial charge in [0.15, 0.2) is 0 Å². The lowest BCUT2D eigenvalue weighted by Gasteiger charge is -2.09. The van der Waals surface area contributed by atoms with Crippen molar-refractivity contribution in [2.24, 2.45) is 5.73 Å². The summed E-state index contributed by atoms with van der Waals surface area (Å²) in [5, 5.41) is 26.3. The van der Waals surface area contributed by atoms with Gasteiger partial charge in [-0.15, -0.1) is 0 Å². The van der Waals surface area contributed by atoms with Crippen LogP contribution in [0.4, 0.5) is 17.7 Å². The number of methoxy groups -OCH3 is 1. The number of para-hydroxylation sites is 1. The summed E-state index contributed by atoms with van der Waals surface area (Å²) >= 11 is 0. The topological polar surface area (TPSA) is 220 Å². The first-order valence-corrected chi connectivity index (χ1v) is 15.9. The molecule has 3 heterocycles. The first-order valence-electron chi connectivity index (χ1n) is 15.9. The Morgan fingerprint density at radius 2 is 1.45 bits per heavy atom. The van der Waals surface area contributed by atoms with E-state index in [2.05, 4.69) is 40.5 Å². The van der Waals surface area contributed by atoms with Crippen LogP contribution in [0.3, 0.4) is 0 Å². The molecule has 0 spiro atoms. The van der Waals surface area contributed by atoms with Gasteiger partial charge in [-0.2, -0.15) is 0 Å². The van der Waals surface area contributed by atoms with E-state index in [0.29, 0.717) is 42.8 Å². The third-order valence-electron chi connectivity index (χ3n) is 7.49. The number of aryl methyl sites for hydroxylation is 1. The second-order valence-corrected chi connectivity index (χ2v) is 11.0. The van der Waals surface area contributed by atoms with Crippen molar-refractivity contribution >= 4 is 23.6 Å². The molecule has 0 aliphatic rings. The van der Waals surface area contributed by atoms with E-state index in [1.54, 1.807) is 62.0 Å². The van der Waals surface area contributed by atoms with Gasteiger partial charge in [-0.1, -0.05) is 30.3 Å². The summed E-state index contributed by atoms with van der Waals surface area (Å²) in [7, 11) is 1.67. The summed E-state index contributed by atoms with van der Waals surface area (Å²) in [6.07, 6.45) is 6.75. The van der Waals surface area contributed by atoms with Crippen LogP contribution < -0.4 is 21.1 Å². The number of primary amides is 1. The molecule has 6 N–H and O–H groups in total. The van der Waals surface area contributed by atoms with Gasteiger partial charge in [0.1, 0.15) is 17.7 Å². The lowest BCUT2D eigenvalue weighted by molar-refractivity contribution is -0.389. The number of phenols is 1. The first kappa shape index (κ1) is 35.4. The highest BCUT2D eigenvalue weighted by atomic mass is 16.6. The molecule has 1 amide bonds. The van der Waals surface area contributed by atoms with E-state index >= 15 is 0 Å². The molecular weight excluding hydrogens is 652 g/mol. The van der Waals surface area contributed by atoms with Crippen LogP contribution in [0.5, 0.6) is 11.5 Å². The summed E-state index contributed by atoms with van der Waals surface area (Å²) in [5.41, 5.74) is 10.2. The van der Waals surface area contributed by atoms with Gasteiger partial charge >= 0.3 is 5.82 Å². The fraction of sp³-hybridized carbons (Fsp3) is 0.167. The molecular formula is C36H36N10O5. The molecule has 3 aromatic heterocycles.